The monoisotopic (exact) mass is 299 g/mol. The van der Waals surface area contributed by atoms with E-state index >= 15 is 0 Å². The van der Waals surface area contributed by atoms with Crippen molar-refractivity contribution in [1.82, 2.24) is 4.90 Å². The van der Waals surface area contributed by atoms with Crippen molar-refractivity contribution in [2.75, 3.05) is 6.54 Å². The molecule has 0 saturated carbocycles. The first-order chi connectivity index (χ1) is 9.00. The summed E-state index contributed by atoms with van der Waals surface area (Å²) in [5, 5.41) is 0.919. The van der Waals surface area contributed by atoms with Crippen molar-refractivity contribution >= 4 is 29.1 Å². The molecular weight excluding hydrogens is 281 g/mol. The van der Waals surface area contributed by atoms with Gasteiger partial charge in [0.2, 0.25) is 0 Å². The van der Waals surface area contributed by atoms with Crippen molar-refractivity contribution < 1.29 is 4.79 Å². The Bertz CT molecular complexity index is 473. The molecule has 0 radical (unpaired) electrons. The van der Waals surface area contributed by atoms with Crippen LogP contribution in [0.3, 0.4) is 0 Å². The van der Waals surface area contributed by atoms with Crippen molar-refractivity contribution in [3.05, 3.63) is 33.8 Å². The van der Waals surface area contributed by atoms with E-state index in [1.807, 2.05) is 4.90 Å². The third kappa shape index (κ3) is 3.24. The summed E-state index contributed by atoms with van der Waals surface area (Å²) < 4.78 is 0. The van der Waals surface area contributed by atoms with Crippen molar-refractivity contribution in [2.45, 2.75) is 39.2 Å². The van der Waals surface area contributed by atoms with E-state index < -0.39 is 0 Å². The van der Waals surface area contributed by atoms with Gasteiger partial charge in [0.05, 0.1) is 10.0 Å². The minimum absolute atomic E-state index is 0.0666. The predicted octanol–water partition coefficient (Wildman–Crippen LogP) is 4.64. The van der Waals surface area contributed by atoms with Crippen LogP contribution in [-0.4, -0.2) is 23.4 Å². The fraction of sp³-hybridized carbons (Fsp3) is 0.533. The maximum Gasteiger partial charge on any atom is 0.254 e. The second-order valence-electron chi connectivity index (χ2n) is 5.43. The van der Waals surface area contributed by atoms with Crippen molar-refractivity contribution in [2.24, 2.45) is 5.92 Å². The molecular formula is C15H19Cl2NO. The van der Waals surface area contributed by atoms with Crippen LogP contribution in [0.15, 0.2) is 18.2 Å². The van der Waals surface area contributed by atoms with E-state index in [9.17, 15) is 4.79 Å². The molecule has 0 N–H and O–H groups in total. The number of piperidine rings is 1. The highest BCUT2D eigenvalue weighted by Crippen LogP contribution is 2.27. The summed E-state index contributed by atoms with van der Waals surface area (Å²) >= 11 is 11.9. The number of hydrogen-bond donors (Lipinski definition) is 0. The van der Waals surface area contributed by atoms with E-state index in [1.165, 1.54) is 6.42 Å². The van der Waals surface area contributed by atoms with Gasteiger partial charge in [0.25, 0.3) is 5.91 Å². The molecule has 2 nitrogen and oxygen atoms in total. The predicted molar refractivity (Wildman–Crippen MR) is 80.0 cm³/mol. The van der Waals surface area contributed by atoms with E-state index in [-0.39, 0.29) is 5.91 Å². The van der Waals surface area contributed by atoms with Crippen LogP contribution in [0.4, 0.5) is 0 Å². The molecule has 1 atom stereocenters. The van der Waals surface area contributed by atoms with Crippen LogP contribution < -0.4 is 0 Å². The smallest absolute Gasteiger partial charge is 0.254 e. The van der Waals surface area contributed by atoms with Crippen LogP contribution in [0.1, 0.15) is 43.5 Å². The summed E-state index contributed by atoms with van der Waals surface area (Å²) in [6.07, 6.45) is 3.37. The number of amides is 1. The maximum atomic E-state index is 12.6. The Labute approximate surface area is 124 Å². The molecule has 1 aliphatic heterocycles. The van der Waals surface area contributed by atoms with Crippen LogP contribution >= 0.6 is 23.2 Å². The number of rotatable bonds is 2. The molecule has 4 heteroatoms. The number of halogens is 2. The van der Waals surface area contributed by atoms with E-state index in [0.29, 0.717) is 27.6 Å². The van der Waals surface area contributed by atoms with E-state index in [4.69, 9.17) is 23.2 Å². The summed E-state index contributed by atoms with van der Waals surface area (Å²) in [6, 6.07) is 5.43. The first kappa shape index (κ1) is 14.7. The van der Waals surface area contributed by atoms with Crippen molar-refractivity contribution in [3.63, 3.8) is 0 Å². The standard InChI is InChI=1S/C15H19Cl2NO/c1-10(2)14-5-3-4-8-18(14)15(19)11-6-7-12(16)13(17)9-11/h6-7,9-10,14H,3-5,8H2,1-2H3. The van der Waals surface area contributed by atoms with Crippen LogP contribution in [0.5, 0.6) is 0 Å². The van der Waals surface area contributed by atoms with Gasteiger partial charge >= 0.3 is 0 Å². The fourth-order valence-electron chi connectivity index (χ4n) is 2.70. The first-order valence-corrected chi connectivity index (χ1v) is 7.52. The zero-order valence-corrected chi connectivity index (χ0v) is 12.8. The van der Waals surface area contributed by atoms with Gasteiger partial charge in [-0.15, -0.1) is 0 Å². The second-order valence-corrected chi connectivity index (χ2v) is 6.25. The van der Waals surface area contributed by atoms with Crippen LogP contribution in [0, 0.1) is 5.92 Å². The summed E-state index contributed by atoms with van der Waals surface area (Å²) in [5.41, 5.74) is 0.627. The molecule has 0 aromatic heterocycles. The fourth-order valence-corrected chi connectivity index (χ4v) is 3.00. The lowest BCUT2D eigenvalue weighted by molar-refractivity contribution is 0.0543. The number of hydrogen-bond acceptors (Lipinski definition) is 1. The van der Waals surface area contributed by atoms with Gasteiger partial charge in [0.15, 0.2) is 0 Å². The average Bonchev–Trinajstić information content (AvgIpc) is 2.41. The van der Waals surface area contributed by atoms with Gasteiger partial charge in [-0.05, 0) is 43.4 Å². The van der Waals surface area contributed by atoms with Gasteiger partial charge < -0.3 is 4.90 Å². The minimum atomic E-state index is 0.0666. The Morgan fingerprint density at radius 3 is 2.63 bits per heavy atom. The van der Waals surface area contributed by atoms with Gasteiger partial charge in [0.1, 0.15) is 0 Å². The molecule has 2 rings (SSSR count). The SMILES string of the molecule is CC(C)C1CCCCN1C(=O)c1ccc(Cl)c(Cl)c1. The van der Waals surface area contributed by atoms with Crippen LogP contribution in [0.2, 0.25) is 10.0 Å². The van der Waals surface area contributed by atoms with Gasteiger partial charge in [-0.25, -0.2) is 0 Å². The highest BCUT2D eigenvalue weighted by Gasteiger charge is 2.29. The quantitative estimate of drug-likeness (QED) is 0.779. The third-order valence-corrected chi connectivity index (χ3v) is 4.49. The Kier molecular flexibility index (Phi) is 4.75. The van der Waals surface area contributed by atoms with Crippen LogP contribution in [-0.2, 0) is 0 Å². The lowest BCUT2D eigenvalue weighted by atomic mass is 9.92. The topological polar surface area (TPSA) is 20.3 Å². The molecule has 0 bridgehead atoms. The second kappa shape index (κ2) is 6.15. The Balaban J connectivity index is 2.23. The zero-order valence-electron chi connectivity index (χ0n) is 11.3. The van der Waals surface area contributed by atoms with Crippen LogP contribution in [0.25, 0.3) is 0 Å². The highest BCUT2D eigenvalue weighted by atomic mass is 35.5. The van der Waals surface area contributed by atoms with E-state index in [0.717, 1.165) is 19.4 Å². The normalized spacial score (nSPS) is 19.8. The molecule has 1 aromatic rings. The molecule has 1 aromatic carbocycles. The van der Waals surface area contributed by atoms with Crippen molar-refractivity contribution in [1.29, 1.82) is 0 Å². The molecule has 0 spiro atoms. The largest absolute Gasteiger partial charge is 0.335 e. The van der Waals surface area contributed by atoms with Gasteiger partial charge in [-0.2, -0.15) is 0 Å². The minimum Gasteiger partial charge on any atom is -0.335 e. The molecule has 104 valence electrons. The summed E-state index contributed by atoms with van der Waals surface area (Å²) in [7, 11) is 0. The molecule has 1 aliphatic rings. The molecule has 1 fully saturated rings. The van der Waals surface area contributed by atoms with Gasteiger partial charge in [-0.1, -0.05) is 37.0 Å². The molecule has 19 heavy (non-hydrogen) atoms. The third-order valence-electron chi connectivity index (χ3n) is 3.75. The van der Waals surface area contributed by atoms with E-state index in [2.05, 4.69) is 13.8 Å². The maximum absolute atomic E-state index is 12.6. The lowest BCUT2D eigenvalue weighted by Gasteiger charge is -2.38. The number of likely N-dealkylation sites (tertiary alicyclic amines) is 1. The number of carbonyl (C=O) groups is 1. The summed E-state index contributed by atoms with van der Waals surface area (Å²) in [4.78, 5) is 14.6. The molecule has 1 unspecified atom stereocenters. The number of carbonyl (C=O) groups excluding carboxylic acids is 1. The first-order valence-electron chi connectivity index (χ1n) is 6.76. The molecule has 1 heterocycles. The van der Waals surface area contributed by atoms with Gasteiger partial charge in [-0.3, -0.25) is 4.79 Å². The van der Waals surface area contributed by atoms with Gasteiger partial charge in [0, 0.05) is 18.2 Å². The lowest BCUT2D eigenvalue weighted by Crippen LogP contribution is -2.46. The molecule has 0 aliphatic carbocycles. The molecule has 1 amide bonds. The van der Waals surface area contributed by atoms with E-state index in [1.54, 1.807) is 18.2 Å². The summed E-state index contributed by atoms with van der Waals surface area (Å²) in [5.74, 6) is 0.545. The number of nitrogens with zero attached hydrogens (tertiary/aromatic N) is 1. The Hall–Kier alpha value is -0.730. The Morgan fingerprint density at radius 2 is 2.00 bits per heavy atom. The summed E-state index contributed by atoms with van der Waals surface area (Å²) in [6.45, 7) is 5.18. The van der Waals surface area contributed by atoms with Crippen molar-refractivity contribution in [3.8, 4) is 0 Å². The highest BCUT2D eigenvalue weighted by molar-refractivity contribution is 6.42. The average molecular weight is 300 g/mol. The number of benzene rings is 1. The molecule has 1 saturated heterocycles. The zero-order chi connectivity index (χ0) is 14.0. The Morgan fingerprint density at radius 1 is 1.26 bits per heavy atom.